The molecular weight excluding hydrogens is 821 g/mol. The predicted molar refractivity (Wildman–Crippen MR) is 239 cm³/mol. The van der Waals surface area contributed by atoms with Gasteiger partial charge in [0.25, 0.3) is 0 Å². The van der Waals surface area contributed by atoms with Crippen LogP contribution in [0.25, 0.3) is 0 Å². The minimum atomic E-state index is -0.362. The molecule has 368 valence electrons. The fourth-order valence-corrected chi connectivity index (χ4v) is 5.91. The van der Waals surface area contributed by atoms with E-state index in [1.807, 2.05) is 0 Å². The Morgan fingerprint density at radius 1 is 0.333 bits per heavy atom. The molecule has 0 aliphatic carbocycles. The van der Waals surface area contributed by atoms with Gasteiger partial charge >= 0.3 is 0 Å². The van der Waals surface area contributed by atoms with Crippen molar-refractivity contribution in [2.45, 2.75) is 122 Å². The summed E-state index contributed by atoms with van der Waals surface area (Å²) in [6, 6.07) is -0.362. The molecule has 1 unspecified atom stereocenters. The Morgan fingerprint density at radius 2 is 0.714 bits per heavy atom. The summed E-state index contributed by atoms with van der Waals surface area (Å²) in [5.41, 5.74) is 0. The van der Waals surface area contributed by atoms with Crippen LogP contribution in [0.2, 0.25) is 0 Å². The summed E-state index contributed by atoms with van der Waals surface area (Å²) < 4.78 is 36.9. The van der Waals surface area contributed by atoms with Crippen molar-refractivity contribution in [3.05, 3.63) is 0 Å². The first-order valence-corrected chi connectivity index (χ1v) is 23.1. The number of carbonyl (C=O) groups excluding carboxylic acids is 6. The van der Waals surface area contributed by atoms with Crippen molar-refractivity contribution in [2.75, 3.05) is 127 Å². The van der Waals surface area contributed by atoms with E-state index >= 15 is 0 Å². The third kappa shape index (κ3) is 44.9. The van der Waals surface area contributed by atoms with E-state index < -0.39 is 0 Å². The maximum absolute atomic E-state index is 12.8. The lowest BCUT2D eigenvalue weighted by Crippen LogP contribution is -2.39. The molecule has 0 radical (unpaired) electrons. The molecule has 0 heterocycles. The van der Waals surface area contributed by atoms with E-state index in [1.165, 1.54) is 0 Å². The fraction of sp³-hybridized carbons (Fsp3) is 0.864. The van der Waals surface area contributed by atoms with Gasteiger partial charge in [0.05, 0.1) is 52.9 Å². The summed E-state index contributed by atoms with van der Waals surface area (Å²) in [5, 5.41) is 17.3. The first kappa shape index (κ1) is 59.5. The van der Waals surface area contributed by atoms with Crippen LogP contribution in [-0.4, -0.2) is 168 Å². The second-order valence-electron chi connectivity index (χ2n) is 15.1. The van der Waals surface area contributed by atoms with Gasteiger partial charge in [0.1, 0.15) is 0 Å². The molecule has 0 spiro atoms. The van der Waals surface area contributed by atoms with E-state index in [9.17, 15) is 28.8 Å². The number of ether oxygens (including phenoxy) is 7. The van der Waals surface area contributed by atoms with E-state index in [0.29, 0.717) is 124 Å². The number of carbonyl (C=O) groups is 6. The zero-order chi connectivity index (χ0) is 46.3. The third-order valence-electron chi connectivity index (χ3n) is 9.43. The molecule has 0 aliphatic heterocycles. The highest BCUT2D eigenvalue weighted by atomic mass is 16.5. The van der Waals surface area contributed by atoms with Crippen LogP contribution in [0.15, 0.2) is 0 Å². The molecule has 0 aromatic heterocycles. The molecular formula is C44H84N6O13. The lowest BCUT2D eigenvalue weighted by Gasteiger charge is -2.19. The average Bonchev–Trinajstić information content (AvgIpc) is 3.26. The smallest absolute Gasteiger partial charge is 0.222 e. The minimum absolute atomic E-state index is 0.00539. The molecule has 0 saturated carbocycles. The molecule has 63 heavy (non-hydrogen) atoms. The Balaban J connectivity index is 4.26. The number of amides is 6. The van der Waals surface area contributed by atoms with Crippen molar-refractivity contribution >= 4 is 35.4 Å². The normalized spacial score (nSPS) is 11.5. The van der Waals surface area contributed by atoms with Crippen LogP contribution >= 0.6 is 0 Å². The van der Waals surface area contributed by atoms with E-state index in [1.54, 1.807) is 21.3 Å². The zero-order valence-electron chi connectivity index (χ0n) is 38.9. The number of unbranched alkanes of at least 4 members (excludes halogenated alkanes) is 6. The molecule has 6 amide bonds. The van der Waals surface area contributed by atoms with Crippen LogP contribution in [0.4, 0.5) is 0 Å². The summed E-state index contributed by atoms with van der Waals surface area (Å²) in [5.74, 6) is -0.636. The summed E-state index contributed by atoms with van der Waals surface area (Å²) in [7, 11) is 4.96. The number of hydrogen-bond donors (Lipinski definition) is 6. The van der Waals surface area contributed by atoms with Crippen LogP contribution in [-0.2, 0) is 61.9 Å². The quantitative estimate of drug-likeness (QED) is 0.0481. The maximum atomic E-state index is 12.8. The second kappa shape index (κ2) is 46.5. The first-order chi connectivity index (χ1) is 30.7. The standard InChI is InChI=1S/C44H84N6O13/c1-57-26-11-5-4-9-21-47-44(56)37-38(15-6-10-22-45-41(53)19-29-60-33-35-62-31-24-48-39(51)16-7-12-27-58-2)50-43(55)18-14-23-46-42(54)20-30-61-34-36-63-32-25-49-40(52)17-8-13-28-59-3/h38H,4-37H2,1-3H3,(H,45,53)(H,46,54)(H,47,56)(H,48,51)(H,49,52)(H,50,55). The average molecular weight is 905 g/mol. The predicted octanol–water partition coefficient (Wildman–Crippen LogP) is 2.08. The Kier molecular flexibility index (Phi) is 44.0. The van der Waals surface area contributed by atoms with E-state index in [2.05, 4.69) is 31.9 Å². The number of nitrogens with one attached hydrogen (secondary N) is 6. The molecule has 19 heteroatoms. The van der Waals surface area contributed by atoms with Gasteiger partial charge in [-0.05, 0) is 64.2 Å². The highest BCUT2D eigenvalue weighted by molar-refractivity contribution is 5.80. The molecule has 0 bridgehead atoms. The summed E-state index contributed by atoms with van der Waals surface area (Å²) in [4.78, 5) is 73.6. The Morgan fingerprint density at radius 3 is 1.22 bits per heavy atom. The Labute approximate surface area is 376 Å². The topological polar surface area (TPSA) is 239 Å². The lowest BCUT2D eigenvalue weighted by atomic mass is 10.0. The van der Waals surface area contributed by atoms with Gasteiger partial charge in [0, 0.05) is 118 Å². The molecule has 6 N–H and O–H groups in total. The molecule has 0 aromatic carbocycles. The van der Waals surface area contributed by atoms with Crippen LogP contribution < -0.4 is 31.9 Å². The molecule has 19 nitrogen and oxygen atoms in total. The van der Waals surface area contributed by atoms with Crippen LogP contribution in [0.5, 0.6) is 0 Å². The van der Waals surface area contributed by atoms with Crippen molar-refractivity contribution in [3.63, 3.8) is 0 Å². The van der Waals surface area contributed by atoms with Gasteiger partial charge in [-0.25, -0.2) is 0 Å². The highest BCUT2D eigenvalue weighted by Gasteiger charge is 2.17. The van der Waals surface area contributed by atoms with Gasteiger partial charge in [0.2, 0.25) is 35.4 Å². The van der Waals surface area contributed by atoms with Crippen LogP contribution in [0.1, 0.15) is 116 Å². The molecule has 0 fully saturated rings. The molecule has 0 saturated heterocycles. The third-order valence-corrected chi connectivity index (χ3v) is 9.43. The van der Waals surface area contributed by atoms with E-state index in [4.69, 9.17) is 33.2 Å². The summed E-state index contributed by atoms with van der Waals surface area (Å²) >= 11 is 0. The van der Waals surface area contributed by atoms with Gasteiger partial charge in [-0.3, -0.25) is 28.8 Å². The first-order valence-electron chi connectivity index (χ1n) is 23.1. The van der Waals surface area contributed by atoms with Crippen molar-refractivity contribution < 1.29 is 61.9 Å². The number of hydrogen-bond acceptors (Lipinski definition) is 13. The SMILES string of the molecule is COCCCCCCNC(=O)CC(CCCCNC(=O)CCOCCOCCNC(=O)CCCCOC)NC(=O)CCCNC(=O)CCOCCOCCNC(=O)CCCCOC. The van der Waals surface area contributed by atoms with E-state index in [0.717, 1.165) is 58.0 Å². The molecule has 0 aliphatic rings. The van der Waals surface area contributed by atoms with Gasteiger partial charge in [-0.1, -0.05) is 12.8 Å². The number of rotatable bonds is 47. The molecule has 0 rings (SSSR count). The van der Waals surface area contributed by atoms with Crippen LogP contribution in [0.3, 0.4) is 0 Å². The van der Waals surface area contributed by atoms with Gasteiger partial charge in [0.15, 0.2) is 0 Å². The van der Waals surface area contributed by atoms with Crippen molar-refractivity contribution in [2.24, 2.45) is 0 Å². The largest absolute Gasteiger partial charge is 0.385 e. The van der Waals surface area contributed by atoms with Crippen molar-refractivity contribution in [3.8, 4) is 0 Å². The Bertz CT molecular complexity index is 1150. The maximum Gasteiger partial charge on any atom is 0.222 e. The monoisotopic (exact) mass is 905 g/mol. The zero-order valence-corrected chi connectivity index (χ0v) is 38.9. The van der Waals surface area contributed by atoms with Crippen molar-refractivity contribution in [1.29, 1.82) is 0 Å². The van der Waals surface area contributed by atoms with Gasteiger partial charge in [-0.15, -0.1) is 0 Å². The summed E-state index contributed by atoms with van der Waals surface area (Å²) in [6.45, 7) is 6.91. The fourth-order valence-electron chi connectivity index (χ4n) is 5.91. The summed E-state index contributed by atoms with van der Waals surface area (Å²) in [6.07, 6.45) is 11.2. The second-order valence-corrected chi connectivity index (χ2v) is 15.1. The van der Waals surface area contributed by atoms with Crippen molar-refractivity contribution in [1.82, 2.24) is 31.9 Å². The minimum Gasteiger partial charge on any atom is -0.385 e. The van der Waals surface area contributed by atoms with E-state index in [-0.39, 0.29) is 80.4 Å². The molecule has 1 atom stereocenters. The molecule has 0 aromatic rings. The Hall–Kier alpha value is -3.46. The van der Waals surface area contributed by atoms with Gasteiger partial charge in [-0.2, -0.15) is 0 Å². The highest BCUT2D eigenvalue weighted by Crippen LogP contribution is 2.07. The number of methoxy groups -OCH3 is 3. The van der Waals surface area contributed by atoms with Crippen LogP contribution in [0, 0.1) is 0 Å². The lowest BCUT2D eigenvalue weighted by molar-refractivity contribution is -0.125. The van der Waals surface area contributed by atoms with Gasteiger partial charge < -0.3 is 65.1 Å².